The minimum atomic E-state index is 0. The summed E-state index contributed by atoms with van der Waals surface area (Å²) in [5, 5.41) is 0. The van der Waals surface area contributed by atoms with E-state index in [1.54, 1.807) is 0 Å². The molecule has 1 unspecified atom stereocenters. The van der Waals surface area contributed by atoms with Crippen molar-refractivity contribution in [1.82, 2.24) is 0 Å². The minimum absolute atomic E-state index is 0. The molecule has 2 aromatic rings. The Morgan fingerprint density at radius 2 is 1.77 bits per heavy atom. The number of rotatable bonds is 1. The van der Waals surface area contributed by atoms with Crippen LogP contribution < -0.4 is 4.90 Å². The van der Waals surface area contributed by atoms with Crippen molar-refractivity contribution >= 4 is 36.2 Å². The van der Waals surface area contributed by atoms with Gasteiger partial charge in [-0.1, -0.05) is 36.2 Å². The number of aryl methyl sites for hydroxylation is 1. The van der Waals surface area contributed by atoms with E-state index < -0.39 is 0 Å². The molecule has 0 aromatic heterocycles. The second-order valence-electron chi connectivity index (χ2n) is 5.35. The molecule has 1 nitrogen and oxygen atoms in total. The van der Waals surface area contributed by atoms with E-state index in [0.29, 0.717) is 5.92 Å². The maximum atomic E-state index is 2.41. The zero-order valence-corrected chi connectivity index (χ0v) is 15.5. The van der Waals surface area contributed by atoms with Crippen LogP contribution in [0, 0.1) is 13.3 Å². The van der Waals surface area contributed by atoms with Crippen molar-refractivity contribution in [1.29, 1.82) is 0 Å². The van der Waals surface area contributed by atoms with E-state index in [0.717, 1.165) is 6.42 Å². The van der Waals surface area contributed by atoms with Crippen LogP contribution in [0.15, 0.2) is 60.3 Å². The first-order valence-electron chi connectivity index (χ1n) is 6.84. The van der Waals surface area contributed by atoms with Gasteiger partial charge in [0.1, 0.15) is 0 Å². The van der Waals surface area contributed by atoms with Crippen molar-refractivity contribution in [2.75, 3.05) is 4.90 Å². The zero-order chi connectivity index (χ0) is 12.8. The quantitative estimate of drug-likeness (QED) is 0.471. The fourth-order valence-corrected chi connectivity index (χ4v) is 3.22. The van der Waals surface area contributed by atoms with Gasteiger partial charge in [-0.15, -0.1) is 36.9 Å². The smallest absolute Gasteiger partial charge is 0.0315 e. The Labute approximate surface area is 159 Å². The van der Waals surface area contributed by atoms with E-state index in [2.05, 4.69) is 72.9 Å². The number of benzene rings is 2. The van der Waals surface area contributed by atoms with Crippen molar-refractivity contribution in [2.45, 2.75) is 19.3 Å². The summed E-state index contributed by atoms with van der Waals surface area (Å²) in [6, 6.07) is 17.5. The van der Waals surface area contributed by atoms with Crippen LogP contribution in [0.5, 0.6) is 0 Å². The van der Waals surface area contributed by atoms with Crippen molar-refractivity contribution < 1.29 is 21.7 Å². The zero-order valence-electron chi connectivity index (χ0n) is 12.3. The molecule has 1 heterocycles. The molecule has 2 aliphatic rings. The fraction of sp³-hybridized carbons (Fsp3) is 0.167. The van der Waals surface area contributed by atoms with E-state index in [1.165, 1.54) is 28.2 Å². The number of allylic oxidation sites excluding steroid dienone is 2. The standard InChI is InChI=1S/C18H16N.2ClH.Ti/c1-13-10-11-16-15-8-5-9-17(15)19(18(16)12-13)14-6-3-2-4-7-14;;;/h2-7,9-12,15H,8H2,1H3;2*1H;/q-1;;;. The van der Waals surface area contributed by atoms with Gasteiger partial charge >= 0.3 is 0 Å². The Balaban J connectivity index is 0.000000807. The Bertz CT molecular complexity index is 670. The van der Waals surface area contributed by atoms with Gasteiger partial charge in [-0.05, 0) is 36.2 Å². The molecule has 4 rings (SSSR count). The van der Waals surface area contributed by atoms with Crippen LogP contribution in [0.1, 0.15) is 23.5 Å². The van der Waals surface area contributed by atoms with Gasteiger partial charge in [0.2, 0.25) is 0 Å². The first-order chi connectivity index (χ1) is 9.34. The summed E-state index contributed by atoms with van der Waals surface area (Å²) in [4.78, 5) is 2.41. The Morgan fingerprint density at radius 3 is 2.50 bits per heavy atom. The Morgan fingerprint density at radius 1 is 1.05 bits per heavy atom. The second kappa shape index (κ2) is 7.61. The van der Waals surface area contributed by atoms with Crippen molar-refractivity contribution in [3.05, 3.63) is 77.9 Å². The average molecular weight is 367 g/mol. The third kappa shape index (κ3) is 2.96. The van der Waals surface area contributed by atoms with Crippen molar-refractivity contribution in [2.24, 2.45) is 0 Å². The van der Waals surface area contributed by atoms with Crippen LogP contribution in [0.2, 0.25) is 0 Å². The largest absolute Gasteiger partial charge is 0.395 e. The van der Waals surface area contributed by atoms with Crippen molar-refractivity contribution in [3.8, 4) is 0 Å². The van der Waals surface area contributed by atoms with Gasteiger partial charge in [0, 0.05) is 33.1 Å². The molecule has 1 aliphatic heterocycles. The molecule has 0 fully saturated rings. The number of nitrogens with zero attached hydrogens (tertiary/aromatic N) is 1. The normalized spacial score (nSPS) is 17.0. The molecular weight excluding hydrogens is 349 g/mol. The molecule has 1 atom stereocenters. The third-order valence-corrected chi connectivity index (χ3v) is 4.09. The van der Waals surface area contributed by atoms with Gasteiger partial charge in [0.25, 0.3) is 0 Å². The summed E-state index contributed by atoms with van der Waals surface area (Å²) in [7, 11) is 0. The van der Waals surface area contributed by atoms with E-state index in [4.69, 9.17) is 0 Å². The van der Waals surface area contributed by atoms with Crippen LogP contribution in [-0.2, 0) is 21.7 Å². The molecule has 0 saturated heterocycles. The summed E-state index contributed by atoms with van der Waals surface area (Å²) >= 11 is 0. The number of hydrogen-bond acceptors (Lipinski definition) is 1. The van der Waals surface area contributed by atoms with E-state index >= 15 is 0 Å². The maximum absolute atomic E-state index is 2.41. The molecule has 0 bridgehead atoms. The molecule has 2 aromatic carbocycles. The van der Waals surface area contributed by atoms with Gasteiger partial charge < -0.3 is 4.90 Å². The predicted octanol–water partition coefficient (Wildman–Crippen LogP) is 5.56. The molecule has 0 N–H and O–H groups in total. The van der Waals surface area contributed by atoms with Crippen molar-refractivity contribution in [3.63, 3.8) is 0 Å². The number of fused-ring (bicyclic) bond motifs is 3. The molecule has 0 saturated carbocycles. The first kappa shape index (κ1) is 19.2. The molecule has 4 heteroatoms. The Kier molecular flexibility index (Phi) is 6.64. The van der Waals surface area contributed by atoms with Crippen LogP contribution >= 0.6 is 24.8 Å². The fourth-order valence-electron chi connectivity index (χ4n) is 3.22. The monoisotopic (exact) mass is 366 g/mol. The average Bonchev–Trinajstić information content (AvgIpc) is 2.99. The molecule has 22 heavy (non-hydrogen) atoms. The summed E-state index contributed by atoms with van der Waals surface area (Å²) in [6.07, 6.45) is 5.71. The summed E-state index contributed by atoms with van der Waals surface area (Å²) < 4.78 is 0. The number of anilines is 2. The van der Waals surface area contributed by atoms with Gasteiger partial charge in [-0.3, -0.25) is 0 Å². The van der Waals surface area contributed by atoms with Gasteiger partial charge in [-0.2, -0.15) is 0 Å². The first-order valence-corrected chi connectivity index (χ1v) is 6.84. The molecule has 114 valence electrons. The number of para-hydroxylation sites is 1. The van der Waals surface area contributed by atoms with Crippen LogP contribution in [0.25, 0.3) is 0 Å². The molecule has 0 spiro atoms. The maximum Gasteiger partial charge on any atom is 0.0315 e. The Hall–Kier alpha value is -0.856. The molecule has 0 radical (unpaired) electrons. The SMILES string of the molecule is Cc1ccc2c(c1)N(c1ccccc1)C1=C[CH-]CC12.Cl.Cl.[Ti]. The van der Waals surface area contributed by atoms with Crippen LogP contribution in [0.3, 0.4) is 0 Å². The topological polar surface area (TPSA) is 3.24 Å². The third-order valence-electron chi connectivity index (χ3n) is 4.09. The molecule has 0 amide bonds. The summed E-state index contributed by atoms with van der Waals surface area (Å²) in [5.74, 6) is 0.552. The van der Waals surface area contributed by atoms with Gasteiger partial charge in [-0.25, -0.2) is 12.5 Å². The second-order valence-corrected chi connectivity index (χ2v) is 5.35. The van der Waals surface area contributed by atoms with E-state index in [-0.39, 0.29) is 46.5 Å². The van der Waals surface area contributed by atoms with Crippen LogP contribution in [-0.4, -0.2) is 0 Å². The van der Waals surface area contributed by atoms with Gasteiger partial charge in [0.05, 0.1) is 0 Å². The van der Waals surface area contributed by atoms with E-state index in [9.17, 15) is 0 Å². The number of hydrogen-bond donors (Lipinski definition) is 0. The number of halogens is 2. The summed E-state index contributed by atoms with van der Waals surface area (Å²) in [6.45, 7) is 2.16. The molecular formula is C18H18Cl2NTi-. The molecule has 1 aliphatic carbocycles. The minimum Gasteiger partial charge on any atom is -0.395 e. The predicted molar refractivity (Wildman–Crippen MR) is 94.0 cm³/mol. The van der Waals surface area contributed by atoms with E-state index in [1.807, 2.05) is 0 Å². The van der Waals surface area contributed by atoms with Crippen LogP contribution in [0.4, 0.5) is 11.4 Å². The van der Waals surface area contributed by atoms with Gasteiger partial charge in [0.15, 0.2) is 0 Å². The summed E-state index contributed by atoms with van der Waals surface area (Å²) in [5.41, 5.74) is 6.83.